The van der Waals surface area contributed by atoms with Crippen molar-refractivity contribution in [1.82, 2.24) is 19.5 Å². The van der Waals surface area contributed by atoms with E-state index in [9.17, 15) is 0 Å². The Morgan fingerprint density at radius 1 is 1.14 bits per heavy atom. The molecular formula is C21H20ClN5O. The van der Waals surface area contributed by atoms with Crippen LogP contribution in [0, 0.1) is 0 Å². The van der Waals surface area contributed by atoms with Gasteiger partial charge in [0.2, 0.25) is 5.95 Å². The highest BCUT2D eigenvalue weighted by molar-refractivity contribution is 6.30. The van der Waals surface area contributed by atoms with Gasteiger partial charge in [0, 0.05) is 46.7 Å². The zero-order valence-electron chi connectivity index (χ0n) is 15.8. The smallest absolute Gasteiger partial charge is 0.227 e. The summed E-state index contributed by atoms with van der Waals surface area (Å²) in [4.78, 5) is 13.3. The number of hydrogen-bond acceptors (Lipinski definition) is 5. The number of ether oxygens (including phenoxy) is 1. The molecule has 0 fully saturated rings. The number of anilines is 2. The molecule has 0 saturated carbocycles. The van der Waals surface area contributed by atoms with Gasteiger partial charge in [-0.2, -0.15) is 0 Å². The molecule has 0 unspecified atom stereocenters. The number of nitrogens with one attached hydrogen (secondary N) is 1. The fourth-order valence-corrected chi connectivity index (χ4v) is 3.35. The minimum atomic E-state index is 0.318. The molecule has 3 aromatic heterocycles. The van der Waals surface area contributed by atoms with Crippen molar-refractivity contribution >= 4 is 34.1 Å². The van der Waals surface area contributed by atoms with Crippen LogP contribution in [0.5, 0.6) is 5.75 Å². The molecule has 1 N–H and O–H groups in total. The van der Waals surface area contributed by atoms with Gasteiger partial charge in [0.05, 0.1) is 30.2 Å². The molecule has 1 aromatic carbocycles. The van der Waals surface area contributed by atoms with Gasteiger partial charge in [0.25, 0.3) is 0 Å². The molecule has 6 nitrogen and oxygen atoms in total. The molecule has 142 valence electrons. The number of benzene rings is 1. The number of rotatable bonds is 5. The molecule has 3 heterocycles. The Bertz CT molecular complexity index is 1140. The summed E-state index contributed by atoms with van der Waals surface area (Å²) in [7, 11) is 1.60. The van der Waals surface area contributed by atoms with Crippen molar-refractivity contribution in [3.05, 3.63) is 60.1 Å². The highest BCUT2D eigenvalue weighted by Crippen LogP contribution is 2.33. The average Bonchev–Trinajstić information content (AvgIpc) is 3.09. The summed E-state index contributed by atoms with van der Waals surface area (Å²) in [5, 5.41) is 4.93. The Hall–Kier alpha value is -3.12. The predicted octanol–water partition coefficient (Wildman–Crippen LogP) is 5.48. The maximum absolute atomic E-state index is 6.04. The number of pyridine rings is 1. The minimum Gasteiger partial charge on any atom is -0.495 e. The minimum absolute atomic E-state index is 0.318. The maximum Gasteiger partial charge on any atom is 0.227 e. The lowest BCUT2D eigenvalue weighted by Gasteiger charge is -2.11. The topological polar surface area (TPSA) is 64.9 Å². The Kier molecular flexibility index (Phi) is 4.88. The fourth-order valence-electron chi connectivity index (χ4n) is 3.19. The Morgan fingerprint density at radius 2 is 2.00 bits per heavy atom. The number of fused-ring (bicyclic) bond motifs is 1. The van der Waals surface area contributed by atoms with Gasteiger partial charge in [-0.05, 0) is 38.1 Å². The third-order valence-corrected chi connectivity index (χ3v) is 4.77. The average molecular weight is 394 g/mol. The Morgan fingerprint density at radius 3 is 2.79 bits per heavy atom. The van der Waals surface area contributed by atoms with E-state index >= 15 is 0 Å². The zero-order valence-corrected chi connectivity index (χ0v) is 16.6. The van der Waals surface area contributed by atoms with Gasteiger partial charge in [-0.3, -0.25) is 4.98 Å². The Labute approximate surface area is 168 Å². The van der Waals surface area contributed by atoms with E-state index in [1.807, 2.05) is 24.4 Å². The van der Waals surface area contributed by atoms with E-state index in [1.54, 1.807) is 31.6 Å². The summed E-state index contributed by atoms with van der Waals surface area (Å²) in [5.74, 6) is 1.11. The molecule has 0 atom stereocenters. The normalized spacial score (nSPS) is 11.2. The van der Waals surface area contributed by atoms with Crippen LogP contribution in [0.15, 0.2) is 55.1 Å². The SMILES string of the molecule is COc1cc(Cl)ccc1Nc1nccc(-c2cn(C(C)C)c3cnccc23)n1. The van der Waals surface area contributed by atoms with E-state index in [1.165, 1.54) is 0 Å². The lowest BCUT2D eigenvalue weighted by atomic mass is 10.1. The number of nitrogens with zero attached hydrogens (tertiary/aromatic N) is 4. The van der Waals surface area contributed by atoms with Crippen molar-refractivity contribution in [2.75, 3.05) is 12.4 Å². The molecule has 0 aliphatic carbocycles. The van der Waals surface area contributed by atoms with Crippen LogP contribution in [0.2, 0.25) is 5.02 Å². The molecule has 0 saturated heterocycles. The first-order valence-corrected chi connectivity index (χ1v) is 9.33. The van der Waals surface area contributed by atoms with Gasteiger partial charge in [0.1, 0.15) is 5.75 Å². The molecule has 4 aromatic rings. The quantitative estimate of drug-likeness (QED) is 0.486. The molecule has 0 amide bonds. The second-order valence-electron chi connectivity index (χ2n) is 6.67. The number of halogens is 1. The van der Waals surface area contributed by atoms with Gasteiger partial charge >= 0.3 is 0 Å². The van der Waals surface area contributed by atoms with E-state index in [2.05, 4.69) is 39.9 Å². The zero-order chi connectivity index (χ0) is 19.7. The lowest BCUT2D eigenvalue weighted by molar-refractivity contribution is 0.417. The third kappa shape index (κ3) is 3.39. The number of methoxy groups -OCH3 is 1. The molecule has 7 heteroatoms. The van der Waals surface area contributed by atoms with Crippen molar-refractivity contribution in [2.45, 2.75) is 19.9 Å². The van der Waals surface area contributed by atoms with Gasteiger partial charge in [-0.1, -0.05) is 11.6 Å². The summed E-state index contributed by atoms with van der Waals surface area (Å²) < 4.78 is 7.59. The standard InChI is InChI=1S/C21H20ClN5O/c1-13(2)27-12-16(15-6-8-23-11-19(15)27)17-7-9-24-21(25-17)26-18-5-4-14(22)10-20(18)28-3/h4-13H,1-3H3,(H,24,25,26). The first-order valence-electron chi connectivity index (χ1n) is 8.95. The highest BCUT2D eigenvalue weighted by atomic mass is 35.5. The summed E-state index contributed by atoms with van der Waals surface area (Å²) in [6.07, 6.45) is 7.55. The largest absolute Gasteiger partial charge is 0.495 e. The Balaban J connectivity index is 1.75. The molecule has 0 aliphatic heterocycles. The molecule has 0 spiro atoms. The van der Waals surface area contributed by atoms with Crippen molar-refractivity contribution in [3.8, 4) is 17.0 Å². The third-order valence-electron chi connectivity index (χ3n) is 4.53. The van der Waals surface area contributed by atoms with E-state index in [0.29, 0.717) is 22.8 Å². The van der Waals surface area contributed by atoms with E-state index in [0.717, 1.165) is 27.8 Å². The summed E-state index contributed by atoms with van der Waals surface area (Å²) in [6, 6.07) is 9.62. The second kappa shape index (κ2) is 7.48. The van der Waals surface area contributed by atoms with E-state index in [4.69, 9.17) is 21.3 Å². The van der Waals surface area contributed by atoms with Crippen LogP contribution in [0.25, 0.3) is 22.2 Å². The van der Waals surface area contributed by atoms with Crippen LogP contribution in [0.3, 0.4) is 0 Å². The molecular weight excluding hydrogens is 374 g/mol. The first kappa shape index (κ1) is 18.3. The lowest BCUT2D eigenvalue weighted by Crippen LogP contribution is -2.00. The number of aromatic nitrogens is 4. The van der Waals surface area contributed by atoms with Crippen LogP contribution in [-0.4, -0.2) is 26.6 Å². The molecule has 28 heavy (non-hydrogen) atoms. The van der Waals surface area contributed by atoms with E-state index in [-0.39, 0.29) is 0 Å². The van der Waals surface area contributed by atoms with Crippen LogP contribution in [0.1, 0.15) is 19.9 Å². The summed E-state index contributed by atoms with van der Waals surface area (Å²) >= 11 is 6.04. The fraction of sp³-hybridized carbons (Fsp3) is 0.190. The van der Waals surface area contributed by atoms with Gasteiger partial charge in [-0.25, -0.2) is 9.97 Å². The molecule has 0 aliphatic rings. The number of hydrogen-bond donors (Lipinski definition) is 1. The summed E-state index contributed by atoms with van der Waals surface area (Å²) in [5.41, 5.74) is 3.71. The van der Waals surface area contributed by atoms with Crippen LogP contribution < -0.4 is 10.1 Å². The van der Waals surface area contributed by atoms with Crippen molar-refractivity contribution in [2.24, 2.45) is 0 Å². The van der Waals surface area contributed by atoms with Crippen molar-refractivity contribution in [3.63, 3.8) is 0 Å². The van der Waals surface area contributed by atoms with E-state index < -0.39 is 0 Å². The molecule has 0 bridgehead atoms. The maximum atomic E-state index is 6.04. The van der Waals surface area contributed by atoms with Gasteiger partial charge in [-0.15, -0.1) is 0 Å². The monoisotopic (exact) mass is 393 g/mol. The summed E-state index contributed by atoms with van der Waals surface area (Å²) in [6.45, 7) is 4.30. The van der Waals surface area contributed by atoms with Crippen molar-refractivity contribution in [1.29, 1.82) is 0 Å². The molecule has 0 radical (unpaired) electrons. The van der Waals surface area contributed by atoms with Crippen molar-refractivity contribution < 1.29 is 4.74 Å². The molecule has 4 rings (SSSR count). The highest BCUT2D eigenvalue weighted by Gasteiger charge is 2.14. The van der Waals surface area contributed by atoms with Gasteiger partial charge < -0.3 is 14.6 Å². The van der Waals surface area contributed by atoms with Crippen LogP contribution >= 0.6 is 11.6 Å². The predicted molar refractivity (Wildman–Crippen MR) is 112 cm³/mol. The van der Waals surface area contributed by atoms with Gasteiger partial charge in [0.15, 0.2) is 0 Å². The first-order chi connectivity index (χ1) is 13.6. The second-order valence-corrected chi connectivity index (χ2v) is 7.11. The van der Waals surface area contributed by atoms with Crippen LogP contribution in [0.4, 0.5) is 11.6 Å². The van der Waals surface area contributed by atoms with Crippen LogP contribution in [-0.2, 0) is 0 Å².